The number of anilines is 1. The molecule has 1 aromatic heterocycles. The van der Waals surface area contributed by atoms with Gasteiger partial charge in [0.25, 0.3) is 0 Å². The first-order valence-electron chi connectivity index (χ1n) is 5.28. The lowest BCUT2D eigenvalue weighted by Crippen LogP contribution is -2.27. The van der Waals surface area contributed by atoms with Crippen LogP contribution in [0.15, 0.2) is 21.6 Å². The van der Waals surface area contributed by atoms with Crippen LogP contribution in [0.3, 0.4) is 0 Å². The van der Waals surface area contributed by atoms with Crippen LogP contribution >= 0.6 is 15.9 Å². The number of nitrogen functional groups attached to an aromatic ring is 1. The fourth-order valence-corrected chi connectivity index (χ4v) is 3.54. The number of halogens is 1. The van der Waals surface area contributed by atoms with Crippen molar-refractivity contribution in [1.82, 2.24) is 9.71 Å². The van der Waals surface area contributed by atoms with Crippen molar-refractivity contribution in [2.75, 3.05) is 24.0 Å². The zero-order valence-corrected chi connectivity index (χ0v) is 13.4. The molecule has 4 N–H and O–H groups in total. The summed E-state index contributed by atoms with van der Waals surface area (Å²) in [6.07, 6.45) is 3.51. The minimum atomic E-state index is -3.71. The molecule has 0 bridgehead atoms. The van der Waals surface area contributed by atoms with E-state index in [0.29, 0.717) is 16.6 Å². The number of hydrogen-bond donors (Lipinski definition) is 3. The van der Waals surface area contributed by atoms with Crippen molar-refractivity contribution in [3.8, 4) is 0 Å². The Morgan fingerprint density at radius 3 is 2.79 bits per heavy atom. The third-order valence-corrected chi connectivity index (χ3v) is 4.92. The second-order valence-corrected chi connectivity index (χ2v) is 7.88. The Bertz CT molecular complexity index is 565. The fourth-order valence-electron chi connectivity index (χ4n) is 1.29. The highest BCUT2D eigenvalue weighted by atomic mass is 79.9. The average Bonchev–Trinajstić information content (AvgIpc) is 2.34. The number of rotatable bonds is 7. The summed E-state index contributed by atoms with van der Waals surface area (Å²) in [4.78, 5) is 3.83. The van der Waals surface area contributed by atoms with E-state index in [2.05, 4.69) is 31.1 Å². The molecular weight excluding hydrogens is 356 g/mol. The molecule has 1 aromatic rings. The largest absolute Gasteiger partial charge is 0.307 e. The molecule has 0 aromatic carbocycles. The molecule has 1 rings (SSSR count). The van der Waals surface area contributed by atoms with E-state index in [1.165, 1.54) is 12.3 Å². The van der Waals surface area contributed by atoms with Crippen LogP contribution < -0.4 is 16.0 Å². The van der Waals surface area contributed by atoms with Crippen LogP contribution in [0, 0.1) is 0 Å². The summed E-state index contributed by atoms with van der Waals surface area (Å²) in [5, 5.41) is 0. The Morgan fingerprint density at radius 2 is 2.21 bits per heavy atom. The SMILES string of the molecule is CS(=O)CCCNS(=O)(=O)c1cc(Br)cnc1NN. The fraction of sp³-hybridized carbons (Fsp3) is 0.444. The number of pyridine rings is 1. The summed E-state index contributed by atoms with van der Waals surface area (Å²) in [7, 11) is -4.64. The second-order valence-electron chi connectivity index (χ2n) is 3.67. The number of nitrogens with one attached hydrogen (secondary N) is 2. The normalized spacial score (nSPS) is 13.2. The molecule has 0 spiro atoms. The van der Waals surface area contributed by atoms with Gasteiger partial charge in [0, 0.05) is 40.0 Å². The summed E-state index contributed by atoms with van der Waals surface area (Å²) in [5.41, 5.74) is 2.24. The Balaban J connectivity index is 2.82. The molecule has 108 valence electrons. The van der Waals surface area contributed by atoms with Crippen LogP contribution in [0.1, 0.15) is 6.42 Å². The van der Waals surface area contributed by atoms with Gasteiger partial charge in [-0.25, -0.2) is 24.0 Å². The van der Waals surface area contributed by atoms with Crippen LogP contribution in [0.25, 0.3) is 0 Å². The minimum Gasteiger partial charge on any atom is -0.307 e. The molecule has 0 saturated heterocycles. The molecule has 1 atom stereocenters. The van der Waals surface area contributed by atoms with Crippen molar-refractivity contribution in [1.29, 1.82) is 0 Å². The number of nitrogens with zero attached hydrogens (tertiary/aromatic N) is 1. The van der Waals surface area contributed by atoms with Crippen molar-refractivity contribution in [2.24, 2.45) is 5.84 Å². The van der Waals surface area contributed by atoms with Gasteiger partial charge in [-0.1, -0.05) is 0 Å². The highest BCUT2D eigenvalue weighted by Crippen LogP contribution is 2.21. The van der Waals surface area contributed by atoms with E-state index in [1.54, 1.807) is 6.26 Å². The molecule has 0 radical (unpaired) electrons. The standard InChI is InChI=1S/C9H15BrN4O3S2/c1-18(15)4-2-3-13-19(16,17)8-5-7(10)6-12-9(8)14-11/h5-6,13H,2-4,11H2,1H3,(H,12,14). The molecule has 0 fully saturated rings. The number of sulfonamides is 1. The Labute approximate surface area is 123 Å². The smallest absolute Gasteiger partial charge is 0.244 e. The van der Waals surface area contributed by atoms with E-state index < -0.39 is 20.8 Å². The van der Waals surface area contributed by atoms with Gasteiger partial charge in [0.1, 0.15) is 4.90 Å². The minimum absolute atomic E-state index is 0.0398. The maximum atomic E-state index is 12.1. The molecular formula is C9H15BrN4O3S2. The number of aromatic nitrogens is 1. The summed E-state index contributed by atoms with van der Waals surface area (Å²) in [5.74, 6) is 5.74. The topological polar surface area (TPSA) is 114 Å². The molecule has 0 amide bonds. The predicted octanol–water partition coefficient (Wildman–Crippen LogP) is 0.177. The van der Waals surface area contributed by atoms with Crippen LogP contribution in [-0.2, 0) is 20.8 Å². The molecule has 0 aliphatic carbocycles. The predicted molar refractivity (Wildman–Crippen MR) is 78.5 cm³/mol. The van der Waals surface area contributed by atoms with Crippen LogP contribution in [0.5, 0.6) is 0 Å². The first-order chi connectivity index (χ1) is 8.86. The lowest BCUT2D eigenvalue weighted by molar-refractivity contribution is 0.580. The zero-order valence-electron chi connectivity index (χ0n) is 10.2. The van der Waals surface area contributed by atoms with Gasteiger partial charge in [0.2, 0.25) is 10.0 Å². The van der Waals surface area contributed by atoms with Gasteiger partial charge in [-0.3, -0.25) is 4.21 Å². The molecule has 0 saturated carbocycles. The van der Waals surface area contributed by atoms with E-state index in [-0.39, 0.29) is 17.3 Å². The highest BCUT2D eigenvalue weighted by molar-refractivity contribution is 9.10. The monoisotopic (exact) mass is 370 g/mol. The van der Waals surface area contributed by atoms with Crippen molar-refractivity contribution in [3.05, 3.63) is 16.7 Å². The lowest BCUT2D eigenvalue weighted by atomic mass is 10.5. The maximum absolute atomic E-state index is 12.1. The van der Waals surface area contributed by atoms with Crippen molar-refractivity contribution < 1.29 is 12.6 Å². The van der Waals surface area contributed by atoms with E-state index in [1.807, 2.05) is 0 Å². The van der Waals surface area contributed by atoms with Gasteiger partial charge in [0.05, 0.1) is 0 Å². The van der Waals surface area contributed by atoms with Gasteiger partial charge in [-0.05, 0) is 28.4 Å². The van der Waals surface area contributed by atoms with Gasteiger partial charge >= 0.3 is 0 Å². The summed E-state index contributed by atoms with van der Waals surface area (Å²) >= 11 is 3.16. The van der Waals surface area contributed by atoms with E-state index in [9.17, 15) is 12.6 Å². The second kappa shape index (κ2) is 7.29. The molecule has 10 heteroatoms. The Morgan fingerprint density at radius 1 is 1.53 bits per heavy atom. The van der Waals surface area contributed by atoms with Crippen LogP contribution in [0.4, 0.5) is 5.82 Å². The van der Waals surface area contributed by atoms with E-state index in [0.717, 1.165) is 0 Å². The Kier molecular flexibility index (Phi) is 6.33. The summed E-state index contributed by atoms with van der Waals surface area (Å²) in [6, 6.07) is 1.41. The summed E-state index contributed by atoms with van der Waals surface area (Å²) in [6.45, 7) is 0.207. The number of hydrogen-bond acceptors (Lipinski definition) is 6. The van der Waals surface area contributed by atoms with Crippen molar-refractivity contribution >= 4 is 42.6 Å². The molecule has 7 nitrogen and oxygen atoms in total. The van der Waals surface area contributed by atoms with Crippen molar-refractivity contribution in [2.45, 2.75) is 11.3 Å². The molecule has 1 heterocycles. The molecule has 1 unspecified atom stereocenters. The van der Waals surface area contributed by atoms with Crippen LogP contribution in [0.2, 0.25) is 0 Å². The van der Waals surface area contributed by atoms with E-state index in [4.69, 9.17) is 5.84 Å². The number of hydrazine groups is 1. The zero-order chi connectivity index (χ0) is 14.5. The van der Waals surface area contributed by atoms with Gasteiger partial charge < -0.3 is 5.43 Å². The quantitative estimate of drug-likeness (QED) is 0.358. The summed E-state index contributed by atoms with van der Waals surface area (Å²) < 4.78 is 37.9. The lowest BCUT2D eigenvalue weighted by Gasteiger charge is -2.10. The van der Waals surface area contributed by atoms with Gasteiger partial charge in [0.15, 0.2) is 5.82 Å². The van der Waals surface area contributed by atoms with E-state index >= 15 is 0 Å². The highest BCUT2D eigenvalue weighted by Gasteiger charge is 2.19. The van der Waals surface area contributed by atoms with Crippen LogP contribution in [-0.4, -0.2) is 36.2 Å². The first kappa shape index (κ1) is 16.5. The maximum Gasteiger partial charge on any atom is 0.244 e. The Hall–Kier alpha value is -0.550. The molecule has 0 aliphatic rings. The third kappa shape index (κ3) is 5.15. The molecule has 19 heavy (non-hydrogen) atoms. The number of nitrogens with two attached hydrogens (primary N) is 1. The van der Waals surface area contributed by atoms with Crippen molar-refractivity contribution in [3.63, 3.8) is 0 Å². The first-order valence-corrected chi connectivity index (χ1v) is 9.29. The third-order valence-electron chi connectivity index (χ3n) is 2.15. The average molecular weight is 371 g/mol. The van der Waals surface area contributed by atoms with Gasteiger partial charge in [-0.15, -0.1) is 0 Å². The van der Waals surface area contributed by atoms with Gasteiger partial charge in [-0.2, -0.15) is 0 Å². The molecule has 0 aliphatic heterocycles.